The minimum Gasteiger partial charge on any atom is -0.477 e. The Morgan fingerprint density at radius 2 is 2.11 bits per heavy atom. The van der Waals surface area contributed by atoms with Crippen molar-refractivity contribution in [3.05, 3.63) is 18.1 Å². The van der Waals surface area contributed by atoms with Gasteiger partial charge in [-0.1, -0.05) is 13.8 Å². The minimum absolute atomic E-state index is 0.0104. The van der Waals surface area contributed by atoms with Gasteiger partial charge in [0, 0.05) is 12.6 Å². The Morgan fingerprint density at radius 1 is 1.39 bits per heavy atom. The van der Waals surface area contributed by atoms with Gasteiger partial charge >= 0.3 is 5.97 Å². The third kappa shape index (κ3) is 4.67. The zero-order valence-electron chi connectivity index (χ0n) is 10.9. The Labute approximate surface area is 107 Å². The first-order valence-corrected chi connectivity index (χ1v) is 6.19. The standard InChI is InChI=1S/C12H20N4O2/c1-3-16(4-2)7-5-6-13-11-8-10(12(17)18)14-9-15-11/h8-9H,3-7H2,1-2H3,(H,17,18)(H,13,14,15). The molecule has 0 fully saturated rings. The molecule has 0 atom stereocenters. The fourth-order valence-corrected chi connectivity index (χ4v) is 1.63. The second-order valence-electron chi connectivity index (χ2n) is 3.90. The molecule has 0 bridgehead atoms. The summed E-state index contributed by atoms with van der Waals surface area (Å²) in [6.45, 7) is 8.17. The molecule has 6 heteroatoms. The predicted molar refractivity (Wildman–Crippen MR) is 69.9 cm³/mol. The minimum atomic E-state index is -1.04. The predicted octanol–water partition coefficient (Wildman–Crippen LogP) is 1.32. The molecule has 1 aromatic heterocycles. The average Bonchev–Trinajstić information content (AvgIpc) is 2.39. The van der Waals surface area contributed by atoms with Crippen molar-refractivity contribution in [1.29, 1.82) is 0 Å². The van der Waals surface area contributed by atoms with Crippen molar-refractivity contribution in [2.45, 2.75) is 20.3 Å². The number of nitrogens with zero attached hydrogens (tertiary/aromatic N) is 3. The van der Waals surface area contributed by atoms with E-state index in [1.54, 1.807) is 0 Å². The molecule has 2 N–H and O–H groups in total. The van der Waals surface area contributed by atoms with Gasteiger partial charge in [0.2, 0.25) is 0 Å². The quantitative estimate of drug-likeness (QED) is 0.679. The maximum absolute atomic E-state index is 10.7. The zero-order chi connectivity index (χ0) is 13.4. The summed E-state index contributed by atoms with van der Waals surface area (Å²) < 4.78 is 0. The van der Waals surface area contributed by atoms with Crippen LogP contribution in [0.5, 0.6) is 0 Å². The van der Waals surface area contributed by atoms with Gasteiger partial charge in [-0.05, 0) is 26.1 Å². The molecule has 0 aliphatic carbocycles. The summed E-state index contributed by atoms with van der Waals surface area (Å²) in [4.78, 5) is 20.7. The van der Waals surface area contributed by atoms with Crippen LogP contribution >= 0.6 is 0 Å². The highest BCUT2D eigenvalue weighted by Crippen LogP contribution is 2.04. The van der Waals surface area contributed by atoms with Crippen LogP contribution in [0, 0.1) is 0 Å². The van der Waals surface area contributed by atoms with Gasteiger partial charge in [-0.3, -0.25) is 0 Å². The first-order valence-electron chi connectivity index (χ1n) is 6.19. The van der Waals surface area contributed by atoms with Crippen molar-refractivity contribution < 1.29 is 9.90 Å². The normalized spacial score (nSPS) is 10.6. The van der Waals surface area contributed by atoms with Gasteiger partial charge < -0.3 is 15.3 Å². The number of hydrogen-bond donors (Lipinski definition) is 2. The molecule has 0 aliphatic heterocycles. The van der Waals surface area contributed by atoms with Crippen LogP contribution in [0.1, 0.15) is 30.8 Å². The number of carboxylic acids is 1. The summed E-state index contributed by atoms with van der Waals surface area (Å²) in [7, 11) is 0. The van der Waals surface area contributed by atoms with Crippen LogP contribution < -0.4 is 5.32 Å². The van der Waals surface area contributed by atoms with Crippen molar-refractivity contribution in [1.82, 2.24) is 14.9 Å². The molecular formula is C12H20N4O2. The zero-order valence-corrected chi connectivity index (χ0v) is 10.9. The van der Waals surface area contributed by atoms with E-state index in [1.807, 2.05) is 0 Å². The number of carboxylic acid groups (broad SMARTS) is 1. The lowest BCUT2D eigenvalue weighted by Gasteiger charge is -2.17. The summed E-state index contributed by atoms with van der Waals surface area (Å²) in [5, 5.41) is 11.9. The smallest absolute Gasteiger partial charge is 0.354 e. The Kier molecular flexibility index (Phi) is 6.07. The molecule has 0 amide bonds. The first kappa shape index (κ1) is 14.4. The number of hydrogen-bond acceptors (Lipinski definition) is 5. The molecule has 100 valence electrons. The molecular weight excluding hydrogens is 232 g/mol. The third-order valence-corrected chi connectivity index (χ3v) is 2.74. The second kappa shape index (κ2) is 7.60. The highest BCUT2D eigenvalue weighted by Gasteiger charge is 2.05. The Bertz CT molecular complexity index is 380. The highest BCUT2D eigenvalue weighted by molar-refractivity contribution is 5.85. The Hall–Kier alpha value is -1.69. The molecule has 0 saturated heterocycles. The van der Waals surface area contributed by atoms with Crippen LogP contribution in [0.3, 0.4) is 0 Å². The molecule has 0 aromatic carbocycles. The number of rotatable bonds is 8. The molecule has 1 rings (SSSR count). The van der Waals surface area contributed by atoms with Crippen molar-refractivity contribution in [3.8, 4) is 0 Å². The van der Waals surface area contributed by atoms with Gasteiger partial charge in [0.05, 0.1) is 0 Å². The van der Waals surface area contributed by atoms with Crippen molar-refractivity contribution >= 4 is 11.8 Å². The number of aromatic carboxylic acids is 1. The fourth-order valence-electron chi connectivity index (χ4n) is 1.63. The summed E-state index contributed by atoms with van der Waals surface area (Å²) in [5.41, 5.74) is 0.0104. The largest absolute Gasteiger partial charge is 0.477 e. The summed E-state index contributed by atoms with van der Waals surface area (Å²) in [5.74, 6) is -0.481. The van der Waals surface area contributed by atoms with Gasteiger partial charge in [0.1, 0.15) is 12.1 Å². The van der Waals surface area contributed by atoms with Crippen LogP contribution in [0.25, 0.3) is 0 Å². The van der Waals surface area contributed by atoms with Crippen LogP contribution in [0.15, 0.2) is 12.4 Å². The molecule has 1 heterocycles. The van der Waals surface area contributed by atoms with E-state index in [4.69, 9.17) is 5.11 Å². The van der Waals surface area contributed by atoms with E-state index in [9.17, 15) is 4.79 Å². The first-order chi connectivity index (χ1) is 8.67. The van der Waals surface area contributed by atoms with Crippen LogP contribution in [-0.4, -0.2) is 52.1 Å². The average molecular weight is 252 g/mol. The Balaban J connectivity index is 2.35. The SMILES string of the molecule is CCN(CC)CCCNc1cc(C(=O)O)ncn1. The van der Waals surface area contributed by atoms with E-state index in [0.29, 0.717) is 5.82 Å². The van der Waals surface area contributed by atoms with E-state index >= 15 is 0 Å². The summed E-state index contributed by atoms with van der Waals surface area (Å²) in [6, 6.07) is 1.44. The van der Waals surface area contributed by atoms with E-state index in [-0.39, 0.29) is 5.69 Å². The van der Waals surface area contributed by atoms with E-state index < -0.39 is 5.97 Å². The van der Waals surface area contributed by atoms with E-state index in [1.165, 1.54) is 12.4 Å². The fraction of sp³-hybridized carbons (Fsp3) is 0.583. The van der Waals surface area contributed by atoms with Crippen molar-refractivity contribution in [2.24, 2.45) is 0 Å². The monoisotopic (exact) mass is 252 g/mol. The van der Waals surface area contributed by atoms with Crippen molar-refractivity contribution in [3.63, 3.8) is 0 Å². The molecule has 18 heavy (non-hydrogen) atoms. The third-order valence-electron chi connectivity index (χ3n) is 2.74. The second-order valence-corrected chi connectivity index (χ2v) is 3.90. The molecule has 1 aromatic rings. The van der Waals surface area contributed by atoms with Gasteiger partial charge in [-0.2, -0.15) is 0 Å². The molecule has 0 aliphatic rings. The number of aromatic nitrogens is 2. The van der Waals surface area contributed by atoms with Crippen LogP contribution in [0.2, 0.25) is 0 Å². The molecule has 0 radical (unpaired) electrons. The summed E-state index contributed by atoms with van der Waals surface area (Å²) in [6.07, 6.45) is 2.25. The van der Waals surface area contributed by atoms with Gasteiger partial charge in [0.25, 0.3) is 0 Å². The van der Waals surface area contributed by atoms with Crippen LogP contribution in [0.4, 0.5) is 5.82 Å². The topological polar surface area (TPSA) is 78.4 Å². The van der Waals surface area contributed by atoms with E-state index in [2.05, 4.69) is 34.0 Å². The Morgan fingerprint density at radius 3 is 2.72 bits per heavy atom. The van der Waals surface area contributed by atoms with Crippen molar-refractivity contribution in [2.75, 3.05) is 31.5 Å². The van der Waals surface area contributed by atoms with Gasteiger partial charge in [-0.15, -0.1) is 0 Å². The molecule has 6 nitrogen and oxygen atoms in total. The number of carbonyl (C=O) groups is 1. The number of anilines is 1. The lowest BCUT2D eigenvalue weighted by molar-refractivity contribution is 0.0690. The highest BCUT2D eigenvalue weighted by atomic mass is 16.4. The van der Waals surface area contributed by atoms with Gasteiger partial charge in [-0.25, -0.2) is 14.8 Å². The lowest BCUT2D eigenvalue weighted by Crippen LogP contribution is -2.25. The maximum atomic E-state index is 10.7. The lowest BCUT2D eigenvalue weighted by atomic mass is 10.3. The van der Waals surface area contributed by atoms with Gasteiger partial charge in [0.15, 0.2) is 5.69 Å². The maximum Gasteiger partial charge on any atom is 0.354 e. The summed E-state index contributed by atoms with van der Waals surface area (Å²) >= 11 is 0. The molecule has 0 spiro atoms. The van der Waals surface area contributed by atoms with Crippen LogP contribution in [-0.2, 0) is 0 Å². The van der Waals surface area contributed by atoms with E-state index in [0.717, 1.165) is 32.6 Å². The molecule has 0 unspecified atom stereocenters. The molecule has 0 saturated carbocycles. The number of nitrogens with one attached hydrogen (secondary N) is 1.